The van der Waals surface area contributed by atoms with Crippen LogP contribution < -0.4 is 5.32 Å². The van der Waals surface area contributed by atoms with Gasteiger partial charge in [-0.1, -0.05) is 36.7 Å². The predicted octanol–water partition coefficient (Wildman–Crippen LogP) is 4.15. The molecule has 1 N–H and O–H groups in total. The fourth-order valence-corrected chi connectivity index (χ4v) is 3.41. The van der Waals surface area contributed by atoms with Gasteiger partial charge in [0, 0.05) is 24.2 Å². The molecule has 5 nitrogen and oxygen atoms in total. The number of nitrogens with one attached hydrogen (secondary N) is 1. The number of nitrogens with zero attached hydrogens (tertiary/aromatic N) is 3. The van der Waals surface area contributed by atoms with E-state index in [4.69, 9.17) is 11.6 Å². The molecule has 1 unspecified atom stereocenters. The molecule has 3 rings (SSSR count). The van der Waals surface area contributed by atoms with Crippen molar-refractivity contribution >= 4 is 23.3 Å². The van der Waals surface area contributed by atoms with Crippen molar-refractivity contribution in [3.8, 4) is 0 Å². The number of likely N-dealkylation sites (tertiary alicyclic amines) is 1. The first-order valence-corrected chi connectivity index (χ1v) is 9.19. The molecule has 1 saturated heterocycles. The summed E-state index contributed by atoms with van der Waals surface area (Å²) in [5, 5.41) is 12.2. The number of carbonyl (C=O) groups excluding carboxylic acids is 1. The quantitative estimate of drug-likeness (QED) is 0.872. The molecule has 1 aromatic heterocycles. The van der Waals surface area contributed by atoms with Crippen LogP contribution in [0, 0.1) is 0 Å². The Morgan fingerprint density at radius 3 is 2.80 bits per heavy atom. The van der Waals surface area contributed by atoms with Gasteiger partial charge in [-0.15, -0.1) is 10.2 Å². The SMILES string of the molecule is CCC1CCCCN1C(=O)c1ccc(NCc2ccccc2Cl)nn1. The van der Waals surface area contributed by atoms with E-state index < -0.39 is 0 Å². The topological polar surface area (TPSA) is 58.1 Å². The third-order valence-corrected chi connectivity index (χ3v) is 5.03. The van der Waals surface area contributed by atoms with Crippen LogP contribution in [0.15, 0.2) is 36.4 Å². The first-order valence-electron chi connectivity index (χ1n) is 8.81. The smallest absolute Gasteiger partial charge is 0.274 e. The minimum Gasteiger partial charge on any atom is -0.364 e. The summed E-state index contributed by atoms with van der Waals surface area (Å²) in [7, 11) is 0. The molecule has 1 aliphatic rings. The fourth-order valence-electron chi connectivity index (χ4n) is 3.21. The summed E-state index contributed by atoms with van der Waals surface area (Å²) in [6.45, 7) is 3.50. The standard InChI is InChI=1S/C19H23ClN4O/c1-2-15-8-5-6-12-24(15)19(25)17-10-11-18(23-22-17)21-13-14-7-3-4-9-16(14)20/h3-4,7,9-11,15H,2,5-6,8,12-13H2,1H3,(H,21,23). The van der Waals surface area contributed by atoms with Gasteiger partial charge in [0.05, 0.1) is 0 Å². The van der Waals surface area contributed by atoms with Crippen molar-refractivity contribution in [3.05, 3.63) is 52.7 Å². The van der Waals surface area contributed by atoms with Crippen molar-refractivity contribution in [1.82, 2.24) is 15.1 Å². The van der Waals surface area contributed by atoms with Crippen molar-refractivity contribution in [3.63, 3.8) is 0 Å². The van der Waals surface area contributed by atoms with E-state index >= 15 is 0 Å². The van der Waals surface area contributed by atoms with E-state index in [0.717, 1.165) is 31.4 Å². The summed E-state index contributed by atoms with van der Waals surface area (Å²) in [5.74, 6) is 0.610. The Morgan fingerprint density at radius 1 is 1.24 bits per heavy atom. The highest BCUT2D eigenvalue weighted by Crippen LogP contribution is 2.21. The van der Waals surface area contributed by atoms with Gasteiger partial charge in [0.25, 0.3) is 5.91 Å². The molecule has 0 spiro atoms. The molecular weight excluding hydrogens is 336 g/mol. The van der Waals surface area contributed by atoms with Crippen molar-refractivity contribution in [1.29, 1.82) is 0 Å². The molecule has 0 aliphatic carbocycles. The lowest BCUT2D eigenvalue weighted by atomic mass is 9.99. The maximum Gasteiger partial charge on any atom is 0.274 e. The number of hydrogen-bond acceptors (Lipinski definition) is 4. The Kier molecular flexibility index (Phi) is 5.87. The predicted molar refractivity (Wildman–Crippen MR) is 99.8 cm³/mol. The molecule has 1 aromatic carbocycles. The zero-order valence-corrected chi connectivity index (χ0v) is 15.2. The van der Waals surface area contributed by atoms with Crippen molar-refractivity contribution in [2.45, 2.75) is 45.2 Å². The molecule has 0 saturated carbocycles. The number of anilines is 1. The molecule has 0 bridgehead atoms. The summed E-state index contributed by atoms with van der Waals surface area (Å²) in [4.78, 5) is 14.6. The van der Waals surface area contributed by atoms with Gasteiger partial charge in [0.1, 0.15) is 5.82 Å². The van der Waals surface area contributed by atoms with Crippen LogP contribution in [0.3, 0.4) is 0 Å². The Bertz CT molecular complexity index is 720. The summed E-state index contributed by atoms with van der Waals surface area (Å²) in [6, 6.07) is 11.5. The zero-order chi connectivity index (χ0) is 17.6. The van der Waals surface area contributed by atoms with Crippen LogP contribution in [0.4, 0.5) is 5.82 Å². The second-order valence-corrected chi connectivity index (χ2v) is 6.71. The lowest BCUT2D eigenvalue weighted by Crippen LogP contribution is -2.43. The van der Waals surface area contributed by atoms with Gasteiger partial charge in [0.15, 0.2) is 5.69 Å². The summed E-state index contributed by atoms with van der Waals surface area (Å²) < 4.78 is 0. The van der Waals surface area contributed by atoms with Crippen LogP contribution in [0.5, 0.6) is 0 Å². The number of aromatic nitrogens is 2. The average molecular weight is 359 g/mol. The number of benzene rings is 1. The lowest BCUT2D eigenvalue weighted by Gasteiger charge is -2.34. The van der Waals surface area contributed by atoms with Crippen LogP contribution >= 0.6 is 11.6 Å². The van der Waals surface area contributed by atoms with Crippen LogP contribution in [0.1, 0.15) is 48.7 Å². The number of hydrogen-bond donors (Lipinski definition) is 1. The summed E-state index contributed by atoms with van der Waals surface area (Å²) in [5.41, 5.74) is 1.40. The van der Waals surface area contributed by atoms with E-state index in [1.165, 1.54) is 6.42 Å². The number of amides is 1. The van der Waals surface area contributed by atoms with E-state index in [0.29, 0.717) is 29.1 Å². The van der Waals surface area contributed by atoms with Gasteiger partial charge in [0.2, 0.25) is 0 Å². The van der Waals surface area contributed by atoms with Crippen molar-refractivity contribution in [2.24, 2.45) is 0 Å². The Labute approximate surface area is 153 Å². The summed E-state index contributed by atoms with van der Waals surface area (Å²) in [6.07, 6.45) is 4.32. The van der Waals surface area contributed by atoms with Gasteiger partial charge in [-0.3, -0.25) is 4.79 Å². The molecule has 132 valence electrons. The Balaban J connectivity index is 1.63. The van der Waals surface area contributed by atoms with E-state index in [1.54, 1.807) is 12.1 Å². The van der Waals surface area contributed by atoms with E-state index in [9.17, 15) is 4.79 Å². The Morgan fingerprint density at radius 2 is 2.08 bits per heavy atom. The fraction of sp³-hybridized carbons (Fsp3) is 0.421. The highest BCUT2D eigenvalue weighted by atomic mass is 35.5. The first-order chi connectivity index (χ1) is 12.2. The molecule has 25 heavy (non-hydrogen) atoms. The number of carbonyl (C=O) groups is 1. The van der Waals surface area contributed by atoms with E-state index in [-0.39, 0.29) is 5.91 Å². The van der Waals surface area contributed by atoms with Crippen molar-refractivity contribution < 1.29 is 4.79 Å². The van der Waals surface area contributed by atoms with Gasteiger partial charge < -0.3 is 10.2 Å². The molecular formula is C19H23ClN4O. The molecule has 1 fully saturated rings. The molecule has 2 aromatic rings. The lowest BCUT2D eigenvalue weighted by molar-refractivity contribution is 0.0601. The van der Waals surface area contributed by atoms with Crippen LogP contribution in [-0.4, -0.2) is 33.6 Å². The molecule has 6 heteroatoms. The molecule has 1 atom stereocenters. The normalized spacial score (nSPS) is 17.4. The third-order valence-electron chi connectivity index (χ3n) is 4.66. The summed E-state index contributed by atoms with van der Waals surface area (Å²) >= 11 is 6.14. The second kappa shape index (κ2) is 8.30. The number of rotatable bonds is 5. The largest absolute Gasteiger partial charge is 0.364 e. The minimum atomic E-state index is -0.0169. The second-order valence-electron chi connectivity index (χ2n) is 6.31. The zero-order valence-electron chi connectivity index (χ0n) is 14.4. The maximum absolute atomic E-state index is 12.7. The molecule has 0 radical (unpaired) electrons. The van der Waals surface area contributed by atoms with Gasteiger partial charge >= 0.3 is 0 Å². The molecule has 2 heterocycles. The minimum absolute atomic E-state index is 0.0169. The van der Waals surface area contributed by atoms with Crippen LogP contribution in [-0.2, 0) is 6.54 Å². The Hall–Kier alpha value is -2.14. The monoisotopic (exact) mass is 358 g/mol. The number of halogens is 1. The molecule has 1 amide bonds. The van der Waals surface area contributed by atoms with Gasteiger partial charge in [-0.05, 0) is 49.4 Å². The third kappa shape index (κ3) is 4.28. The first kappa shape index (κ1) is 17.7. The van der Waals surface area contributed by atoms with Gasteiger partial charge in [-0.2, -0.15) is 0 Å². The van der Waals surface area contributed by atoms with Crippen LogP contribution in [0.25, 0.3) is 0 Å². The van der Waals surface area contributed by atoms with E-state index in [2.05, 4.69) is 22.4 Å². The highest BCUT2D eigenvalue weighted by Gasteiger charge is 2.27. The van der Waals surface area contributed by atoms with Crippen molar-refractivity contribution in [2.75, 3.05) is 11.9 Å². The maximum atomic E-state index is 12.7. The highest BCUT2D eigenvalue weighted by molar-refractivity contribution is 6.31. The van der Waals surface area contributed by atoms with Crippen LogP contribution in [0.2, 0.25) is 5.02 Å². The van der Waals surface area contributed by atoms with E-state index in [1.807, 2.05) is 29.2 Å². The average Bonchev–Trinajstić information content (AvgIpc) is 2.67. The number of piperidine rings is 1. The van der Waals surface area contributed by atoms with Gasteiger partial charge in [-0.25, -0.2) is 0 Å². The molecule has 1 aliphatic heterocycles.